The monoisotopic (exact) mass is 297 g/mol. The van der Waals surface area contributed by atoms with E-state index >= 15 is 0 Å². The zero-order valence-electron chi connectivity index (χ0n) is 12.1. The molecule has 0 aliphatic rings. The van der Waals surface area contributed by atoms with Crippen molar-refractivity contribution in [1.29, 1.82) is 0 Å². The van der Waals surface area contributed by atoms with Crippen LogP contribution in [0.2, 0.25) is 0 Å². The van der Waals surface area contributed by atoms with E-state index in [1.54, 1.807) is 22.5 Å². The second kappa shape index (κ2) is 5.48. The van der Waals surface area contributed by atoms with Gasteiger partial charge in [-0.3, -0.25) is 19.6 Å². The van der Waals surface area contributed by atoms with Crippen LogP contribution in [0.4, 0.5) is 5.69 Å². The molecule has 6 heteroatoms. The van der Waals surface area contributed by atoms with Crippen molar-refractivity contribution >= 4 is 16.6 Å². The molecule has 112 valence electrons. The molecule has 1 aromatic heterocycles. The van der Waals surface area contributed by atoms with Crippen molar-refractivity contribution in [2.75, 3.05) is 0 Å². The van der Waals surface area contributed by atoms with E-state index < -0.39 is 4.92 Å². The minimum absolute atomic E-state index is 0.0644. The molecule has 6 nitrogen and oxygen atoms in total. The minimum atomic E-state index is -0.486. The minimum Gasteiger partial charge on any atom is -0.285 e. The smallest absolute Gasteiger partial charge is 0.274 e. The third kappa shape index (κ3) is 2.39. The summed E-state index contributed by atoms with van der Waals surface area (Å²) in [6.45, 7) is 0.530. The third-order valence-electron chi connectivity index (χ3n) is 3.82. The SMILES string of the molecule is Cn1c2ccc([N+](=O)[O-])cc2c(=O)n1CCc1ccccc1. The fourth-order valence-electron chi connectivity index (χ4n) is 2.63. The largest absolute Gasteiger partial charge is 0.285 e. The van der Waals surface area contributed by atoms with E-state index in [1.165, 1.54) is 12.1 Å². The summed E-state index contributed by atoms with van der Waals surface area (Å²) in [5.41, 5.74) is 1.58. The van der Waals surface area contributed by atoms with E-state index in [1.807, 2.05) is 30.3 Å². The van der Waals surface area contributed by atoms with Crippen LogP contribution in [0.3, 0.4) is 0 Å². The highest BCUT2D eigenvalue weighted by Gasteiger charge is 2.14. The van der Waals surface area contributed by atoms with Crippen LogP contribution in [0.1, 0.15) is 5.56 Å². The fourth-order valence-corrected chi connectivity index (χ4v) is 2.63. The Kier molecular flexibility index (Phi) is 3.50. The summed E-state index contributed by atoms with van der Waals surface area (Å²) >= 11 is 0. The number of benzene rings is 2. The normalized spacial score (nSPS) is 11.0. The van der Waals surface area contributed by atoms with Gasteiger partial charge in [-0.1, -0.05) is 30.3 Å². The van der Waals surface area contributed by atoms with Gasteiger partial charge in [0.2, 0.25) is 0 Å². The van der Waals surface area contributed by atoms with Gasteiger partial charge in [0.15, 0.2) is 0 Å². The molecule has 2 aromatic carbocycles. The number of nitro benzene ring substituents is 1. The topological polar surface area (TPSA) is 70.1 Å². The quantitative estimate of drug-likeness (QED) is 0.548. The Bertz CT molecular complexity index is 894. The summed E-state index contributed by atoms with van der Waals surface area (Å²) in [4.78, 5) is 22.8. The lowest BCUT2D eigenvalue weighted by molar-refractivity contribution is -0.384. The number of nitro groups is 1. The van der Waals surface area contributed by atoms with E-state index in [4.69, 9.17) is 0 Å². The Labute approximate surface area is 126 Å². The Morgan fingerprint density at radius 3 is 2.55 bits per heavy atom. The molecule has 3 aromatic rings. The number of aromatic nitrogens is 2. The summed E-state index contributed by atoms with van der Waals surface area (Å²) in [5, 5.41) is 11.2. The van der Waals surface area contributed by atoms with Gasteiger partial charge in [0.25, 0.3) is 11.2 Å². The summed E-state index contributed by atoms with van der Waals surface area (Å²) in [5.74, 6) is 0. The number of rotatable bonds is 4. The highest BCUT2D eigenvalue weighted by molar-refractivity contribution is 5.81. The molecule has 0 spiro atoms. The van der Waals surface area contributed by atoms with Gasteiger partial charge in [-0.05, 0) is 18.1 Å². The van der Waals surface area contributed by atoms with E-state index in [0.717, 1.165) is 12.0 Å². The first-order valence-corrected chi connectivity index (χ1v) is 6.96. The molecule has 0 N–H and O–H groups in total. The van der Waals surface area contributed by atoms with Gasteiger partial charge in [-0.2, -0.15) is 0 Å². The first-order chi connectivity index (χ1) is 10.6. The Morgan fingerprint density at radius 1 is 1.14 bits per heavy atom. The van der Waals surface area contributed by atoms with Gasteiger partial charge < -0.3 is 0 Å². The van der Waals surface area contributed by atoms with Crippen LogP contribution in [0, 0.1) is 10.1 Å². The standard InChI is InChI=1S/C16H15N3O3/c1-17-15-8-7-13(19(21)22)11-14(15)16(20)18(17)10-9-12-5-3-2-4-6-12/h2-8,11H,9-10H2,1H3. The lowest BCUT2D eigenvalue weighted by atomic mass is 10.1. The van der Waals surface area contributed by atoms with Crippen LogP contribution in [0.15, 0.2) is 53.3 Å². The molecule has 0 radical (unpaired) electrons. The first-order valence-electron chi connectivity index (χ1n) is 6.96. The van der Waals surface area contributed by atoms with Crippen molar-refractivity contribution < 1.29 is 4.92 Å². The lowest BCUT2D eigenvalue weighted by Gasteiger charge is -2.07. The zero-order valence-corrected chi connectivity index (χ0v) is 12.1. The third-order valence-corrected chi connectivity index (χ3v) is 3.82. The molecule has 0 saturated heterocycles. The van der Waals surface area contributed by atoms with Gasteiger partial charge in [-0.15, -0.1) is 0 Å². The number of hydrogen-bond donors (Lipinski definition) is 0. The number of aryl methyl sites for hydroxylation is 2. The summed E-state index contributed by atoms with van der Waals surface area (Å²) in [6.07, 6.45) is 0.729. The maximum Gasteiger partial charge on any atom is 0.274 e. The highest BCUT2D eigenvalue weighted by Crippen LogP contribution is 2.18. The van der Waals surface area contributed by atoms with Gasteiger partial charge in [0.05, 0.1) is 15.8 Å². The molecule has 3 rings (SSSR count). The van der Waals surface area contributed by atoms with E-state index in [-0.39, 0.29) is 11.2 Å². The molecule has 0 bridgehead atoms. The predicted octanol–water partition coefficient (Wildman–Crippen LogP) is 2.49. The number of non-ortho nitro benzene ring substituents is 1. The molecule has 0 saturated carbocycles. The second-order valence-electron chi connectivity index (χ2n) is 5.15. The highest BCUT2D eigenvalue weighted by atomic mass is 16.6. The molecular formula is C16H15N3O3. The average molecular weight is 297 g/mol. The molecule has 22 heavy (non-hydrogen) atoms. The summed E-state index contributed by atoms with van der Waals surface area (Å²) in [6, 6.07) is 14.3. The molecular weight excluding hydrogens is 282 g/mol. The van der Waals surface area contributed by atoms with Gasteiger partial charge in [-0.25, -0.2) is 4.68 Å². The van der Waals surface area contributed by atoms with Crippen molar-refractivity contribution in [3.8, 4) is 0 Å². The maximum atomic E-state index is 12.5. The van der Waals surface area contributed by atoms with Crippen LogP contribution < -0.4 is 5.56 Å². The van der Waals surface area contributed by atoms with Crippen molar-refractivity contribution in [3.63, 3.8) is 0 Å². The predicted molar refractivity (Wildman–Crippen MR) is 84.0 cm³/mol. The molecule has 0 fully saturated rings. The summed E-state index contributed by atoms with van der Waals surface area (Å²) in [7, 11) is 1.79. The van der Waals surface area contributed by atoms with Gasteiger partial charge in [0, 0.05) is 25.7 Å². The average Bonchev–Trinajstić information content (AvgIpc) is 2.77. The van der Waals surface area contributed by atoms with E-state index in [9.17, 15) is 14.9 Å². The van der Waals surface area contributed by atoms with Crippen molar-refractivity contribution in [2.45, 2.75) is 13.0 Å². The molecule has 0 aliphatic carbocycles. The number of hydrogen-bond acceptors (Lipinski definition) is 3. The van der Waals surface area contributed by atoms with Gasteiger partial charge in [0.1, 0.15) is 0 Å². The van der Waals surface area contributed by atoms with Crippen LogP contribution in [0.25, 0.3) is 10.9 Å². The van der Waals surface area contributed by atoms with Crippen LogP contribution in [0.5, 0.6) is 0 Å². The van der Waals surface area contributed by atoms with Gasteiger partial charge >= 0.3 is 0 Å². The Hall–Kier alpha value is -2.89. The maximum absolute atomic E-state index is 12.5. The van der Waals surface area contributed by atoms with Crippen molar-refractivity contribution in [1.82, 2.24) is 9.36 Å². The van der Waals surface area contributed by atoms with Crippen LogP contribution in [-0.2, 0) is 20.0 Å². The molecule has 1 heterocycles. The zero-order chi connectivity index (χ0) is 15.7. The fraction of sp³-hybridized carbons (Fsp3) is 0.188. The van der Waals surface area contributed by atoms with Crippen LogP contribution >= 0.6 is 0 Å². The molecule has 0 atom stereocenters. The number of nitrogens with zero attached hydrogens (tertiary/aromatic N) is 3. The van der Waals surface area contributed by atoms with Crippen molar-refractivity contribution in [3.05, 3.63) is 74.6 Å². The lowest BCUT2D eigenvalue weighted by Crippen LogP contribution is -2.22. The summed E-state index contributed by atoms with van der Waals surface area (Å²) < 4.78 is 3.37. The molecule has 0 aliphatic heterocycles. The Morgan fingerprint density at radius 2 is 1.86 bits per heavy atom. The second-order valence-corrected chi connectivity index (χ2v) is 5.15. The van der Waals surface area contributed by atoms with Crippen LogP contribution in [-0.4, -0.2) is 14.3 Å². The van der Waals surface area contributed by atoms with E-state index in [2.05, 4.69) is 0 Å². The molecule has 0 amide bonds. The van der Waals surface area contributed by atoms with Crippen molar-refractivity contribution in [2.24, 2.45) is 7.05 Å². The molecule has 0 unspecified atom stereocenters. The number of fused-ring (bicyclic) bond motifs is 1. The Balaban J connectivity index is 1.99. The first kappa shape index (κ1) is 14.1. The van der Waals surface area contributed by atoms with E-state index in [0.29, 0.717) is 17.4 Å².